The fourth-order valence-corrected chi connectivity index (χ4v) is 3.31. The number of benzene rings is 1. The number of rotatable bonds is 10. The minimum Gasteiger partial charge on any atom is -0.395 e. The zero-order valence-electron chi connectivity index (χ0n) is 17.1. The number of ether oxygens (including phenoxy) is 1. The molecule has 30 heavy (non-hydrogen) atoms. The molecule has 0 bridgehead atoms. The number of aryl methyl sites for hydroxylation is 1. The van der Waals surface area contributed by atoms with E-state index in [1.54, 1.807) is 25.4 Å². The minimum absolute atomic E-state index is 0.0520. The summed E-state index contributed by atoms with van der Waals surface area (Å²) in [7, 11) is 1.68. The van der Waals surface area contributed by atoms with Gasteiger partial charge in [-0.15, -0.1) is 0 Å². The molecule has 0 aliphatic rings. The topological polar surface area (TPSA) is 84.3 Å². The summed E-state index contributed by atoms with van der Waals surface area (Å²) < 4.78 is 19.8. The van der Waals surface area contributed by atoms with Gasteiger partial charge in [0.2, 0.25) is 5.95 Å². The van der Waals surface area contributed by atoms with Crippen molar-refractivity contribution in [1.82, 2.24) is 19.9 Å². The summed E-state index contributed by atoms with van der Waals surface area (Å²) >= 11 is 5.91. The summed E-state index contributed by atoms with van der Waals surface area (Å²) in [6.45, 7) is 3.48. The highest BCUT2D eigenvalue weighted by atomic mass is 35.5. The van der Waals surface area contributed by atoms with Gasteiger partial charge in [0.25, 0.3) is 0 Å². The SMILES string of the molecule is COCCCCCN(CCO)c1nc(-c2ccc(Cl)cc2F)c2ncc(C)nc2n1. The maximum absolute atomic E-state index is 14.7. The molecule has 0 fully saturated rings. The zero-order chi connectivity index (χ0) is 21.5. The van der Waals surface area contributed by atoms with Crippen LogP contribution in [0, 0.1) is 12.7 Å². The van der Waals surface area contributed by atoms with Crippen LogP contribution in [0.4, 0.5) is 10.3 Å². The molecular formula is C21H25ClFN5O2. The number of anilines is 1. The lowest BCUT2D eigenvalue weighted by Crippen LogP contribution is -2.30. The van der Waals surface area contributed by atoms with Crippen molar-refractivity contribution in [3.8, 4) is 11.3 Å². The molecular weight excluding hydrogens is 409 g/mol. The Hall–Kier alpha value is -2.42. The van der Waals surface area contributed by atoms with Gasteiger partial charge >= 0.3 is 0 Å². The van der Waals surface area contributed by atoms with Crippen LogP contribution in [0.2, 0.25) is 5.02 Å². The van der Waals surface area contributed by atoms with Crippen molar-refractivity contribution < 1.29 is 14.2 Å². The van der Waals surface area contributed by atoms with Crippen molar-refractivity contribution in [2.75, 3.05) is 38.3 Å². The predicted molar refractivity (Wildman–Crippen MR) is 115 cm³/mol. The third kappa shape index (κ3) is 5.38. The van der Waals surface area contributed by atoms with Gasteiger partial charge in [0.15, 0.2) is 5.65 Å². The molecule has 0 saturated carbocycles. The lowest BCUT2D eigenvalue weighted by molar-refractivity contribution is 0.192. The fraction of sp³-hybridized carbons (Fsp3) is 0.429. The highest BCUT2D eigenvalue weighted by Gasteiger charge is 2.19. The van der Waals surface area contributed by atoms with Crippen LogP contribution >= 0.6 is 11.6 Å². The number of aliphatic hydroxyl groups is 1. The number of halogens is 2. The summed E-state index contributed by atoms with van der Waals surface area (Å²) in [5, 5.41) is 9.84. The molecule has 0 atom stereocenters. The summed E-state index contributed by atoms with van der Waals surface area (Å²) in [5.41, 5.74) is 2.11. The van der Waals surface area contributed by atoms with E-state index in [9.17, 15) is 9.50 Å². The number of nitrogens with zero attached hydrogens (tertiary/aromatic N) is 5. The molecule has 1 N–H and O–H groups in total. The zero-order valence-corrected chi connectivity index (χ0v) is 17.9. The van der Waals surface area contributed by atoms with Crippen molar-refractivity contribution in [2.45, 2.75) is 26.2 Å². The second kappa shape index (κ2) is 10.6. The van der Waals surface area contributed by atoms with E-state index in [0.717, 1.165) is 19.3 Å². The van der Waals surface area contributed by atoms with Crippen LogP contribution in [-0.4, -0.2) is 58.5 Å². The molecule has 7 nitrogen and oxygen atoms in total. The summed E-state index contributed by atoms with van der Waals surface area (Å²) in [5.74, 6) is -0.114. The molecule has 3 rings (SSSR count). The van der Waals surface area contributed by atoms with Gasteiger partial charge < -0.3 is 14.7 Å². The van der Waals surface area contributed by atoms with E-state index >= 15 is 0 Å². The van der Waals surface area contributed by atoms with E-state index in [2.05, 4.69) is 19.9 Å². The van der Waals surface area contributed by atoms with E-state index in [1.165, 1.54) is 6.07 Å². The van der Waals surface area contributed by atoms with Crippen molar-refractivity contribution in [3.05, 3.63) is 40.9 Å². The molecule has 2 aromatic heterocycles. The molecule has 0 spiro atoms. The average Bonchev–Trinajstić information content (AvgIpc) is 2.72. The molecule has 0 unspecified atom stereocenters. The average molecular weight is 434 g/mol. The number of hydrogen-bond donors (Lipinski definition) is 1. The molecule has 0 aliphatic heterocycles. The standard InChI is InChI=1S/C21H25ClFN5O2/c1-14-13-24-19-18(16-7-6-15(22)12-17(16)23)26-21(27-20(19)25-14)28(9-10-29)8-4-3-5-11-30-2/h6-7,12-13,29H,3-5,8-11H2,1-2H3. The van der Waals surface area contributed by atoms with Crippen LogP contribution < -0.4 is 4.90 Å². The first-order chi connectivity index (χ1) is 14.5. The predicted octanol–water partition coefficient (Wildman–Crippen LogP) is 3.80. The molecule has 0 radical (unpaired) electrons. The number of hydrogen-bond acceptors (Lipinski definition) is 7. The van der Waals surface area contributed by atoms with Gasteiger partial charge in [0.1, 0.15) is 17.0 Å². The molecule has 1 aromatic carbocycles. The quantitative estimate of drug-likeness (QED) is 0.487. The van der Waals surface area contributed by atoms with E-state index in [1.807, 2.05) is 11.8 Å². The lowest BCUT2D eigenvalue weighted by atomic mass is 10.1. The largest absolute Gasteiger partial charge is 0.395 e. The first-order valence-corrected chi connectivity index (χ1v) is 10.2. The fourth-order valence-electron chi connectivity index (χ4n) is 3.15. The van der Waals surface area contributed by atoms with Crippen LogP contribution in [0.1, 0.15) is 25.0 Å². The van der Waals surface area contributed by atoms with Gasteiger partial charge in [0, 0.05) is 43.6 Å². The van der Waals surface area contributed by atoms with Gasteiger partial charge in [-0.05, 0) is 44.4 Å². The molecule has 0 amide bonds. The van der Waals surface area contributed by atoms with Gasteiger partial charge in [-0.25, -0.2) is 19.3 Å². The van der Waals surface area contributed by atoms with E-state index in [-0.39, 0.29) is 12.2 Å². The smallest absolute Gasteiger partial charge is 0.228 e. The molecule has 2 heterocycles. The number of fused-ring (bicyclic) bond motifs is 1. The Labute approximate surface area is 179 Å². The second-order valence-electron chi connectivity index (χ2n) is 6.94. The van der Waals surface area contributed by atoms with Crippen LogP contribution in [-0.2, 0) is 4.74 Å². The third-order valence-corrected chi connectivity index (χ3v) is 4.87. The highest BCUT2D eigenvalue weighted by molar-refractivity contribution is 6.30. The van der Waals surface area contributed by atoms with Crippen LogP contribution in [0.3, 0.4) is 0 Å². The summed E-state index contributed by atoms with van der Waals surface area (Å²) in [4.78, 5) is 19.9. The Morgan fingerprint density at radius 2 is 1.97 bits per heavy atom. The van der Waals surface area contributed by atoms with Crippen LogP contribution in [0.5, 0.6) is 0 Å². The Bertz CT molecular complexity index is 1000. The third-order valence-electron chi connectivity index (χ3n) is 4.63. The van der Waals surface area contributed by atoms with Gasteiger partial charge in [0.05, 0.1) is 12.3 Å². The molecule has 3 aromatic rings. The second-order valence-corrected chi connectivity index (χ2v) is 7.38. The van der Waals surface area contributed by atoms with Crippen LogP contribution in [0.25, 0.3) is 22.4 Å². The van der Waals surface area contributed by atoms with E-state index < -0.39 is 5.82 Å². The van der Waals surface area contributed by atoms with Crippen molar-refractivity contribution in [1.29, 1.82) is 0 Å². The number of aliphatic hydroxyl groups excluding tert-OH is 1. The van der Waals surface area contributed by atoms with Crippen molar-refractivity contribution in [3.63, 3.8) is 0 Å². The highest BCUT2D eigenvalue weighted by Crippen LogP contribution is 2.30. The summed E-state index contributed by atoms with van der Waals surface area (Å²) in [6, 6.07) is 4.43. The molecule has 0 aliphatic carbocycles. The Morgan fingerprint density at radius 1 is 1.13 bits per heavy atom. The molecule has 160 valence electrons. The van der Waals surface area contributed by atoms with Crippen LogP contribution in [0.15, 0.2) is 24.4 Å². The lowest BCUT2D eigenvalue weighted by Gasteiger charge is -2.22. The maximum atomic E-state index is 14.7. The van der Waals surface area contributed by atoms with Gasteiger partial charge in [-0.1, -0.05) is 11.6 Å². The minimum atomic E-state index is -0.496. The Morgan fingerprint density at radius 3 is 2.70 bits per heavy atom. The first kappa shape index (κ1) is 22.3. The normalized spacial score (nSPS) is 11.2. The number of aromatic nitrogens is 4. The Balaban J connectivity index is 2.03. The number of unbranched alkanes of at least 4 members (excludes halogenated alkanes) is 2. The van der Waals surface area contributed by atoms with Crippen molar-refractivity contribution >= 4 is 28.7 Å². The van der Waals surface area contributed by atoms with Crippen molar-refractivity contribution in [2.24, 2.45) is 0 Å². The number of methoxy groups -OCH3 is 1. The maximum Gasteiger partial charge on any atom is 0.228 e. The van der Waals surface area contributed by atoms with E-state index in [4.69, 9.17) is 16.3 Å². The molecule has 0 saturated heterocycles. The first-order valence-electron chi connectivity index (χ1n) is 9.85. The summed E-state index contributed by atoms with van der Waals surface area (Å²) in [6.07, 6.45) is 4.41. The molecule has 9 heteroatoms. The van der Waals surface area contributed by atoms with E-state index in [0.29, 0.717) is 53.2 Å². The van der Waals surface area contributed by atoms with Gasteiger partial charge in [-0.3, -0.25) is 0 Å². The van der Waals surface area contributed by atoms with Gasteiger partial charge in [-0.2, -0.15) is 4.98 Å². The Kier molecular flexibility index (Phi) is 7.84. The monoisotopic (exact) mass is 433 g/mol.